The van der Waals surface area contributed by atoms with Gasteiger partial charge in [0, 0.05) is 24.5 Å². The summed E-state index contributed by atoms with van der Waals surface area (Å²) in [6.07, 6.45) is 0. The molecule has 2 rings (SSSR count). The molecule has 1 aliphatic heterocycles. The molecule has 82 valence electrons. The van der Waals surface area contributed by atoms with Crippen LogP contribution in [0.3, 0.4) is 0 Å². The first-order chi connectivity index (χ1) is 7.00. The van der Waals surface area contributed by atoms with Crippen molar-refractivity contribution >= 4 is 0 Å². The van der Waals surface area contributed by atoms with E-state index in [1.54, 1.807) is 6.07 Å². The third kappa shape index (κ3) is 1.90. The maximum atomic E-state index is 13.8. The van der Waals surface area contributed by atoms with E-state index in [-0.39, 0.29) is 17.3 Å². The Morgan fingerprint density at radius 1 is 1.53 bits per heavy atom. The van der Waals surface area contributed by atoms with Gasteiger partial charge in [0.05, 0.1) is 0 Å². The fraction of sp³-hybridized carbons (Fsp3) is 0.500. The summed E-state index contributed by atoms with van der Waals surface area (Å²) in [4.78, 5) is 0. The Bertz CT molecular complexity index is 374. The van der Waals surface area contributed by atoms with Gasteiger partial charge in [-0.2, -0.15) is 0 Å². The van der Waals surface area contributed by atoms with Crippen molar-refractivity contribution in [3.8, 4) is 0 Å². The number of benzene rings is 1. The highest BCUT2D eigenvalue weighted by Crippen LogP contribution is 2.31. The Kier molecular flexibility index (Phi) is 2.52. The number of nitrogens with two attached hydrogens (primary N) is 1. The Hall–Kier alpha value is -0.930. The molecule has 0 amide bonds. The summed E-state index contributed by atoms with van der Waals surface area (Å²) >= 11 is 0. The van der Waals surface area contributed by atoms with Gasteiger partial charge in [-0.1, -0.05) is 12.1 Å². The van der Waals surface area contributed by atoms with Crippen LogP contribution in [0.2, 0.25) is 0 Å². The smallest absolute Gasteiger partial charge is 0.127 e. The molecule has 1 aliphatic rings. The van der Waals surface area contributed by atoms with Crippen LogP contribution in [0.15, 0.2) is 18.2 Å². The van der Waals surface area contributed by atoms with Crippen molar-refractivity contribution in [2.24, 2.45) is 5.73 Å². The molecule has 0 bridgehead atoms. The third-order valence-electron chi connectivity index (χ3n) is 3.18. The van der Waals surface area contributed by atoms with Crippen molar-refractivity contribution in [3.05, 3.63) is 35.1 Å². The lowest BCUT2D eigenvalue weighted by atomic mass is 9.84. The second-order valence-corrected chi connectivity index (χ2v) is 4.71. The number of halogens is 1. The van der Waals surface area contributed by atoms with Crippen LogP contribution in [-0.4, -0.2) is 18.6 Å². The van der Waals surface area contributed by atoms with E-state index in [0.717, 1.165) is 24.2 Å². The van der Waals surface area contributed by atoms with Gasteiger partial charge in [0.1, 0.15) is 5.82 Å². The van der Waals surface area contributed by atoms with Crippen LogP contribution in [0.4, 0.5) is 4.39 Å². The van der Waals surface area contributed by atoms with E-state index < -0.39 is 0 Å². The highest BCUT2D eigenvalue weighted by molar-refractivity contribution is 5.30. The van der Waals surface area contributed by atoms with Crippen LogP contribution in [0.5, 0.6) is 0 Å². The molecule has 1 fully saturated rings. The third-order valence-corrected chi connectivity index (χ3v) is 3.18. The minimum atomic E-state index is -0.351. The van der Waals surface area contributed by atoms with Crippen molar-refractivity contribution in [2.75, 3.05) is 13.1 Å². The summed E-state index contributed by atoms with van der Waals surface area (Å²) in [5.41, 5.74) is 7.46. The minimum absolute atomic E-state index is 0.0677. The summed E-state index contributed by atoms with van der Waals surface area (Å²) in [5.74, 6) is -0.0709. The highest BCUT2D eigenvalue weighted by atomic mass is 19.1. The molecule has 1 aromatic carbocycles. The van der Waals surface area contributed by atoms with Crippen molar-refractivity contribution < 1.29 is 4.39 Å². The van der Waals surface area contributed by atoms with Gasteiger partial charge in [-0.3, -0.25) is 0 Å². The molecule has 0 unspecified atom stereocenters. The Labute approximate surface area is 89.7 Å². The van der Waals surface area contributed by atoms with Gasteiger partial charge in [0.2, 0.25) is 0 Å². The fourth-order valence-corrected chi connectivity index (χ4v) is 2.22. The molecule has 1 heterocycles. The Morgan fingerprint density at radius 3 is 2.80 bits per heavy atom. The lowest BCUT2D eigenvalue weighted by Gasteiger charge is -2.26. The molecular formula is C12H17FN2. The summed E-state index contributed by atoms with van der Waals surface area (Å²) in [7, 11) is 0. The van der Waals surface area contributed by atoms with E-state index in [1.807, 2.05) is 26.0 Å². The summed E-state index contributed by atoms with van der Waals surface area (Å²) in [6, 6.07) is 5.37. The lowest BCUT2D eigenvalue weighted by molar-refractivity contribution is 0.447. The van der Waals surface area contributed by atoms with Crippen molar-refractivity contribution in [2.45, 2.75) is 25.3 Å². The van der Waals surface area contributed by atoms with Crippen LogP contribution in [0.25, 0.3) is 0 Å². The average molecular weight is 208 g/mol. The Balaban J connectivity index is 2.37. The molecule has 2 nitrogen and oxygen atoms in total. The van der Waals surface area contributed by atoms with Gasteiger partial charge in [-0.25, -0.2) is 4.39 Å². The average Bonchev–Trinajstić information content (AvgIpc) is 2.46. The van der Waals surface area contributed by atoms with Crippen LogP contribution < -0.4 is 11.1 Å². The first-order valence-corrected chi connectivity index (χ1v) is 5.26. The monoisotopic (exact) mass is 208 g/mol. The van der Waals surface area contributed by atoms with Gasteiger partial charge < -0.3 is 11.1 Å². The highest BCUT2D eigenvalue weighted by Gasteiger charge is 2.37. The molecule has 0 saturated carbocycles. The molecular weight excluding hydrogens is 191 g/mol. The van der Waals surface area contributed by atoms with Gasteiger partial charge in [0.25, 0.3) is 0 Å². The molecule has 1 saturated heterocycles. The molecule has 1 aromatic rings. The zero-order valence-corrected chi connectivity index (χ0v) is 9.18. The van der Waals surface area contributed by atoms with Crippen molar-refractivity contribution in [1.29, 1.82) is 0 Å². The van der Waals surface area contributed by atoms with Crippen LogP contribution in [-0.2, 0) is 0 Å². The maximum Gasteiger partial charge on any atom is 0.127 e. The van der Waals surface area contributed by atoms with E-state index in [2.05, 4.69) is 5.32 Å². The normalized spacial score (nSPS) is 30.8. The molecule has 0 spiro atoms. The fourth-order valence-electron chi connectivity index (χ4n) is 2.22. The van der Waals surface area contributed by atoms with E-state index in [4.69, 9.17) is 5.73 Å². The number of nitrogens with one attached hydrogen (secondary N) is 1. The van der Waals surface area contributed by atoms with Gasteiger partial charge in [-0.05, 0) is 31.0 Å². The first kappa shape index (κ1) is 10.6. The zero-order chi connectivity index (χ0) is 11.1. The molecule has 15 heavy (non-hydrogen) atoms. The first-order valence-electron chi connectivity index (χ1n) is 5.26. The summed E-state index contributed by atoms with van der Waals surface area (Å²) in [6.45, 7) is 5.36. The Morgan fingerprint density at radius 2 is 2.27 bits per heavy atom. The van der Waals surface area contributed by atoms with Crippen molar-refractivity contribution in [3.63, 3.8) is 0 Å². The molecule has 2 atom stereocenters. The lowest BCUT2D eigenvalue weighted by Crippen LogP contribution is -2.43. The van der Waals surface area contributed by atoms with Crippen LogP contribution in [0.1, 0.15) is 24.0 Å². The summed E-state index contributed by atoms with van der Waals surface area (Å²) < 4.78 is 13.8. The molecule has 3 N–H and O–H groups in total. The predicted octanol–water partition coefficient (Wildman–Crippen LogP) is 1.54. The number of rotatable bonds is 1. The zero-order valence-electron chi connectivity index (χ0n) is 9.18. The predicted molar refractivity (Wildman–Crippen MR) is 59.3 cm³/mol. The number of hydrogen-bond donors (Lipinski definition) is 2. The van der Waals surface area contributed by atoms with E-state index in [9.17, 15) is 4.39 Å². The molecule has 0 aliphatic carbocycles. The second-order valence-electron chi connectivity index (χ2n) is 4.71. The second kappa shape index (κ2) is 3.58. The van der Waals surface area contributed by atoms with Crippen molar-refractivity contribution in [1.82, 2.24) is 5.32 Å². The topological polar surface area (TPSA) is 38.0 Å². The minimum Gasteiger partial charge on any atom is -0.324 e. The quantitative estimate of drug-likeness (QED) is 0.734. The van der Waals surface area contributed by atoms with Crippen LogP contribution >= 0.6 is 0 Å². The standard InChI is InChI=1S/C12H17FN2/c1-8-3-4-9(11(13)5-8)10-6-15-7-12(10,2)14/h3-5,10,15H,6-7,14H2,1-2H3/t10-,12+/m1/s1. The van der Waals surface area contributed by atoms with Gasteiger partial charge in [-0.15, -0.1) is 0 Å². The van der Waals surface area contributed by atoms with E-state index in [0.29, 0.717) is 0 Å². The van der Waals surface area contributed by atoms with Crippen LogP contribution in [0, 0.1) is 12.7 Å². The van der Waals surface area contributed by atoms with Gasteiger partial charge in [0.15, 0.2) is 0 Å². The number of hydrogen-bond acceptors (Lipinski definition) is 2. The SMILES string of the molecule is Cc1ccc([C@H]2CNC[C@]2(C)N)c(F)c1. The van der Waals surface area contributed by atoms with E-state index in [1.165, 1.54) is 0 Å². The molecule has 0 aromatic heterocycles. The summed E-state index contributed by atoms with van der Waals surface area (Å²) in [5, 5.41) is 3.21. The molecule has 0 radical (unpaired) electrons. The largest absolute Gasteiger partial charge is 0.324 e. The number of aryl methyl sites for hydroxylation is 1. The van der Waals surface area contributed by atoms with E-state index >= 15 is 0 Å². The van der Waals surface area contributed by atoms with Gasteiger partial charge >= 0.3 is 0 Å². The maximum absolute atomic E-state index is 13.8. The molecule has 3 heteroatoms.